The van der Waals surface area contributed by atoms with Crippen molar-refractivity contribution in [3.05, 3.63) is 76.1 Å². The number of fused-ring (bicyclic) bond motifs is 1. The Kier molecular flexibility index (Phi) is 3.47. The second-order valence-electron chi connectivity index (χ2n) is 4.65. The monoisotopic (exact) mass is 289 g/mol. The van der Waals surface area contributed by atoms with E-state index in [2.05, 4.69) is 11.2 Å². The molecule has 0 atom stereocenters. The van der Waals surface area contributed by atoms with E-state index >= 15 is 0 Å². The molecule has 2 aromatic carbocycles. The fraction of sp³-hybridized carbons (Fsp3) is 0. The molecule has 1 heterocycles. The molecule has 0 fully saturated rings. The summed E-state index contributed by atoms with van der Waals surface area (Å²) in [6, 6.07) is 13.6. The van der Waals surface area contributed by atoms with Gasteiger partial charge < -0.3 is 9.73 Å². The van der Waals surface area contributed by atoms with Crippen molar-refractivity contribution in [3.8, 4) is 12.3 Å². The molecule has 3 aromatic rings. The van der Waals surface area contributed by atoms with Crippen LogP contribution in [0.1, 0.15) is 15.9 Å². The van der Waals surface area contributed by atoms with E-state index in [0.29, 0.717) is 22.2 Å². The summed E-state index contributed by atoms with van der Waals surface area (Å²) in [5.74, 6) is 1.97. The topological polar surface area (TPSA) is 59.3 Å². The van der Waals surface area contributed by atoms with E-state index in [9.17, 15) is 9.59 Å². The predicted octanol–water partition coefficient (Wildman–Crippen LogP) is 3.03. The number of benzene rings is 2. The van der Waals surface area contributed by atoms with E-state index in [4.69, 9.17) is 10.8 Å². The lowest BCUT2D eigenvalue weighted by Gasteiger charge is -2.05. The molecule has 106 valence electrons. The van der Waals surface area contributed by atoms with Crippen molar-refractivity contribution in [2.45, 2.75) is 0 Å². The van der Waals surface area contributed by atoms with Crippen LogP contribution in [0.5, 0.6) is 0 Å². The van der Waals surface area contributed by atoms with Gasteiger partial charge in [-0.25, -0.2) is 0 Å². The molecule has 0 saturated carbocycles. The SMILES string of the molecule is C#Cc1ccc(NC(=O)c2coc3ccccc3c2=O)cc1. The molecule has 1 aromatic heterocycles. The molecule has 0 aliphatic carbocycles. The van der Waals surface area contributed by atoms with Gasteiger partial charge in [0.2, 0.25) is 5.43 Å². The normalized spacial score (nSPS) is 10.1. The number of para-hydroxylation sites is 1. The summed E-state index contributed by atoms with van der Waals surface area (Å²) < 4.78 is 5.33. The quantitative estimate of drug-likeness (QED) is 0.738. The molecule has 0 unspecified atom stereocenters. The van der Waals surface area contributed by atoms with Crippen LogP contribution in [0.4, 0.5) is 5.69 Å². The lowest BCUT2D eigenvalue weighted by Crippen LogP contribution is -2.21. The van der Waals surface area contributed by atoms with Crippen molar-refractivity contribution in [3.63, 3.8) is 0 Å². The number of terminal acetylenes is 1. The number of hydrogen-bond donors (Lipinski definition) is 1. The summed E-state index contributed by atoms with van der Waals surface area (Å²) in [5, 5.41) is 3.02. The lowest BCUT2D eigenvalue weighted by molar-refractivity contribution is 0.102. The first kappa shape index (κ1) is 13.7. The fourth-order valence-electron chi connectivity index (χ4n) is 2.08. The Balaban J connectivity index is 1.93. The van der Waals surface area contributed by atoms with Crippen LogP contribution >= 0.6 is 0 Å². The Morgan fingerprint density at radius 3 is 2.55 bits per heavy atom. The van der Waals surface area contributed by atoms with E-state index in [1.165, 1.54) is 6.26 Å². The Hall–Kier alpha value is -3.32. The number of nitrogens with one attached hydrogen (secondary N) is 1. The first-order valence-corrected chi connectivity index (χ1v) is 6.57. The molecule has 3 rings (SSSR count). The van der Waals surface area contributed by atoms with Crippen LogP contribution in [0.2, 0.25) is 0 Å². The van der Waals surface area contributed by atoms with Gasteiger partial charge in [0.25, 0.3) is 5.91 Å². The Morgan fingerprint density at radius 1 is 1.09 bits per heavy atom. The third-order valence-corrected chi connectivity index (χ3v) is 3.23. The average Bonchev–Trinajstić information content (AvgIpc) is 2.56. The number of anilines is 1. The summed E-state index contributed by atoms with van der Waals surface area (Å²) in [7, 11) is 0. The van der Waals surface area contributed by atoms with Crippen molar-refractivity contribution < 1.29 is 9.21 Å². The van der Waals surface area contributed by atoms with Gasteiger partial charge in [0, 0.05) is 11.3 Å². The molecule has 4 nitrogen and oxygen atoms in total. The minimum atomic E-state index is -0.520. The van der Waals surface area contributed by atoms with Gasteiger partial charge >= 0.3 is 0 Å². The van der Waals surface area contributed by atoms with Crippen molar-refractivity contribution in [1.82, 2.24) is 0 Å². The number of carbonyl (C=O) groups excluding carboxylic acids is 1. The maximum atomic E-state index is 12.3. The van der Waals surface area contributed by atoms with Crippen molar-refractivity contribution in [2.24, 2.45) is 0 Å². The number of amides is 1. The summed E-state index contributed by atoms with van der Waals surface area (Å²) in [6.45, 7) is 0. The standard InChI is InChI=1S/C18H11NO3/c1-2-12-7-9-13(10-8-12)19-18(21)15-11-22-16-6-4-3-5-14(16)17(15)20/h1,3-11H,(H,19,21). The van der Waals surface area contributed by atoms with E-state index in [-0.39, 0.29) is 11.0 Å². The number of rotatable bonds is 2. The first-order valence-electron chi connectivity index (χ1n) is 6.57. The van der Waals surface area contributed by atoms with Crippen LogP contribution in [0, 0.1) is 12.3 Å². The summed E-state index contributed by atoms with van der Waals surface area (Å²) >= 11 is 0. The van der Waals surface area contributed by atoms with Gasteiger partial charge in [0.05, 0.1) is 5.39 Å². The zero-order valence-corrected chi connectivity index (χ0v) is 11.5. The highest BCUT2D eigenvalue weighted by atomic mass is 16.3. The molecule has 1 amide bonds. The minimum Gasteiger partial charge on any atom is -0.463 e. The molecule has 22 heavy (non-hydrogen) atoms. The van der Waals surface area contributed by atoms with E-state index in [1.54, 1.807) is 48.5 Å². The highest BCUT2D eigenvalue weighted by Crippen LogP contribution is 2.13. The lowest BCUT2D eigenvalue weighted by atomic mass is 10.1. The molecular formula is C18H11NO3. The molecule has 0 aliphatic heterocycles. The molecule has 0 spiro atoms. The largest absolute Gasteiger partial charge is 0.463 e. The van der Waals surface area contributed by atoms with Crippen molar-refractivity contribution in [2.75, 3.05) is 5.32 Å². The molecule has 0 saturated heterocycles. The maximum absolute atomic E-state index is 12.3. The Bertz CT molecular complexity index is 946. The third kappa shape index (κ3) is 2.48. The van der Waals surface area contributed by atoms with Gasteiger partial charge in [-0.1, -0.05) is 18.1 Å². The van der Waals surface area contributed by atoms with Gasteiger partial charge in [-0.3, -0.25) is 9.59 Å². The first-order chi connectivity index (χ1) is 10.7. The van der Waals surface area contributed by atoms with Gasteiger partial charge in [0.15, 0.2) is 0 Å². The van der Waals surface area contributed by atoms with E-state index < -0.39 is 5.91 Å². The maximum Gasteiger partial charge on any atom is 0.262 e. The van der Waals surface area contributed by atoms with Crippen LogP contribution in [-0.4, -0.2) is 5.91 Å². The predicted molar refractivity (Wildman–Crippen MR) is 84.8 cm³/mol. The molecule has 1 N–H and O–H groups in total. The van der Waals surface area contributed by atoms with Crippen LogP contribution in [0.3, 0.4) is 0 Å². The summed E-state index contributed by atoms with van der Waals surface area (Å²) in [6.07, 6.45) is 6.45. The Labute approximate surface area is 126 Å². The smallest absolute Gasteiger partial charge is 0.262 e. The molecular weight excluding hydrogens is 278 g/mol. The van der Waals surface area contributed by atoms with Crippen molar-refractivity contribution in [1.29, 1.82) is 0 Å². The van der Waals surface area contributed by atoms with E-state index in [0.717, 1.165) is 0 Å². The summed E-state index contributed by atoms with van der Waals surface area (Å²) in [5.41, 5.74) is 1.31. The van der Waals surface area contributed by atoms with Crippen molar-refractivity contribution >= 4 is 22.6 Å². The second-order valence-corrected chi connectivity index (χ2v) is 4.65. The second kappa shape index (κ2) is 5.58. The number of hydrogen-bond acceptors (Lipinski definition) is 3. The van der Waals surface area contributed by atoms with Crippen LogP contribution in [0.25, 0.3) is 11.0 Å². The molecule has 0 radical (unpaired) electrons. The Morgan fingerprint density at radius 2 is 1.82 bits per heavy atom. The third-order valence-electron chi connectivity index (χ3n) is 3.23. The van der Waals surface area contributed by atoms with Crippen LogP contribution in [0.15, 0.2) is 64.0 Å². The average molecular weight is 289 g/mol. The van der Waals surface area contributed by atoms with Gasteiger partial charge in [-0.2, -0.15) is 0 Å². The minimum absolute atomic E-state index is 0.0419. The highest BCUT2D eigenvalue weighted by Gasteiger charge is 2.14. The highest BCUT2D eigenvalue weighted by molar-refractivity contribution is 6.05. The molecule has 4 heteroatoms. The summed E-state index contributed by atoms with van der Waals surface area (Å²) in [4.78, 5) is 24.5. The van der Waals surface area contributed by atoms with Gasteiger partial charge in [-0.05, 0) is 36.4 Å². The van der Waals surface area contributed by atoms with Gasteiger partial charge in [0.1, 0.15) is 17.4 Å². The van der Waals surface area contributed by atoms with E-state index in [1.807, 2.05) is 0 Å². The number of carbonyl (C=O) groups is 1. The molecule has 0 aliphatic rings. The zero-order valence-electron chi connectivity index (χ0n) is 11.5. The van der Waals surface area contributed by atoms with Gasteiger partial charge in [-0.15, -0.1) is 6.42 Å². The van der Waals surface area contributed by atoms with Crippen LogP contribution < -0.4 is 10.7 Å². The van der Waals surface area contributed by atoms with Crippen LogP contribution in [-0.2, 0) is 0 Å². The molecule has 0 bridgehead atoms. The fourth-order valence-corrected chi connectivity index (χ4v) is 2.08. The zero-order chi connectivity index (χ0) is 15.5.